The molecule has 2 bridgehead atoms. The third-order valence-electron chi connectivity index (χ3n) is 4.59. The van der Waals surface area contributed by atoms with Crippen molar-refractivity contribution in [2.45, 2.75) is 37.1 Å². The minimum absolute atomic E-state index is 0. The molecule has 3 atom stereocenters. The van der Waals surface area contributed by atoms with Crippen LogP contribution in [-0.2, 0) is 9.53 Å². The summed E-state index contributed by atoms with van der Waals surface area (Å²) in [5.41, 5.74) is 0. The van der Waals surface area contributed by atoms with Crippen molar-refractivity contribution in [1.29, 1.82) is 0 Å². The summed E-state index contributed by atoms with van der Waals surface area (Å²) in [6.45, 7) is 0. The summed E-state index contributed by atoms with van der Waals surface area (Å²) in [5.74, 6) is -0.524. The summed E-state index contributed by atoms with van der Waals surface area (Å²) in [6, 6.07) is 4.39. The van der Waals surface area contributed by atoms with Gasteiger partial charge in [-0.2, -0.15) is 0 Å². The second-order valence-corrected chi connectivity index (χ2v) is 7.08. The smallest absolute Gasteiger partial charge is 0.340 e. The van der Waals surface area contributed by atoms with Gasteiger partial charge in [-0.15, -0.1) is 11.3 Å². The second kappa shape index (κ2) is 6.20. The van der Waals surface area contributed by atoms with Gasteiger partial charge in [-0.05, 0) is 23.6 Å². The maximum Gasteiger partial charge on any atom is 0.340 e. The molecule has 1 saturated heterocycles. The van der Waals surface area contributed by atoms with Crippen LogP contribution in [0, 0.1) is 0 Å². The van der Waals surface area contributed by atoms with E-state index < -0.39 is 12.1 Å². The zero-order valence-electron chi connectivity index (χ0n) is 12.1. The molecular weight excluding hydrogens is 354 g/mol. The monoisotopic (exact) mass is 373 g/mol. The third kappa shape index (κ3) is 3.08. The van der Waals surface area contributed by atoms with Gasteiger partial charge < -0.3 is 31.3 Å². The molecule has 1 aromatic rings. The van der Waals surface area contributed by atoms with Crippen molar-refractivity contribution in [3.63, 3.8) is 0 Å². The Morgan fingerprint density at radius 1 is 1.38 bits per heavy atom. The van der Waals surface area contributed by atoms with Crippen LogP contribution in [0.5, 0.6) is 0 Å². The summed E-state index contributed by atoms with van der Waals surface area (Å²) in [5, 5.41) is 11.8. The van der Waals surface area contributed by atoms with Crippen molar-refractivity contribution in [1.82, 2.24) is 0 Å². The highest BCUT2D eigenvalue weighted by Gasteiger charge is 2.46. The number of carbonyl (C=O) groups is 1. The number of esters is 1. The largest absolute Gasteiger partial charge is 1.00 e. The van der Waals surface area contributed by atoms with Crippen LogP contribution in [0.3, 0.4) is 0 Å². The lowest BCUT2D eigenvalue weighted by Gasteiger charge is -2.43. The molecule has 1 aromatic heterocycles. The topological polar surface area (TPSA) is 46.5 Å². The standard InChI is InChI=1S/C15H20NO3S.BrH/c1-16(2)10-5-6-11(16)9-12(8-10)19-15(18)14(17)13-4-3-7-20-13;/h3-7,10-12,14,17H,8-9H2,1-2H3;1H/q+1;/p-1. The van der Waals surface area contributed by atoms with Crippen molar-refractivity contribution in [3.05, 3.63) is 34.5 Å². The number of aliphatic hydroxyl groups excluding tert-OH is 1. The molecule has 0 saturated carbocycles. The van der Waals surface area contributed by atoms with E-state index in [1.807, 2.05) is 11.4 Å². The summed E-state index contributed by atoms with van der Waals surface area (Å²) in [4.78, 5) is 12.7. The molecule has 0 aromatic carbocycles. The van der Waals surface area contributed by atoms with Gasteiger partial charge in [0.15, 0.2) is 6.10 Å². The fourth-order valence-corrected chi connectivity index (χ4v) is 3.87. The first-order valence-corrected chi connectivity index (χ1v) is 7.80. The number of hydrogen-bond acceptors (Lipinski definition) is 4. The maximum absolute atomic E-state index is 12.0. The number of nitrogens with zero attached hydrogens (tertiary/aromatic N) is 1. The van der Waals surface area contributed by atoms with Crippen molar-refractivity contribution in [2.24, 2.45) is 0 Å². The number of aliphatic hydroxyl groups is 1. The molecule has 2 aliphatic heterocycles. The Balaban J connectivity index is 0.00000161. The lowest BCUT2D eigenvalue weighted by molar-refractivity contribution is -0.926. The van der Waals surface area contributed by atoms with Crippen LogP contribution >= 0.6 is 11.3 Å². The lowest BCUT2D eigenvalue weighted by atomic mass is 9.96. The first kappa shape index (κ1) is 16.7. The highest BCUT2D eigenvalue weighted by Crippen LogP contribution is 2.36. The number of halogens is 1. The van der Waals surface area contributed by atoms with Crippen LogP contribution in [-0.4, -0.2) is 47.8 Å². The van der Waals surface area contributed by atoms with Gasteiger partial charge in [0.1, 0.15) is 18.2 Å². The quantitative estimate of drug-likeness (QED) is 0.414. The Kier molecular flexibility index (Phi) is 4.92. The number of ether oxygens (including phenoxy) is 1. The van der Waals surface area contributed by atoms with Crippen molar-refractivity contribution in [3.8, 4) is 0 Å². The molecular formula is C15H20BrNO3S. The normalized spacial score (nSPS) is 30.5. The van der Waals surface area contributed by atoms with Gasteiger partial charge in [-0.3, -0.25) is 0 Å². The molecule has 6 heteroatoms. The summed E-state index contributed by atoms with van der Waals surface area (Å²) < 4.78 is 6.46. The van der Waals surface area contributed by atoms with E-state index in [2.05, 4.69) is 26.2 Å². The maximum atomic E-state index is 12.0. The number of carbonyl (C=O) groups excluding carboxylic acids is 1. The van der Waals surface area contributed by atoms with Gasteiger partial charge in [0, 0.05) is 17.7 Å². The van der Waals surface area contributed by atoms with Crippen molar-refractivity contribution >= 4 is 17.3 Å². The molecule has 3 unspecified atom stereocenters. The van der Waals surface area contributed by atoms with E-state index in [4.69, 9.17) is 4.74 Å². The lowest BCUT2D eigenvalue weighted by Crippen LogP contribution is -3.00. The van der Waals surface area contributed by atoms with Crippen LogP contribution in [0.25, 0.3) is 0 Å². The number of fused-ring (bicyclic) bond motifs is 2. The molecule has 21 heavy (non-hydrogen) atoms. The minimum Gasteiger partial charge on any atom is -1.00 e. The summed E-state index contributed by atoms with van der Waals surface area (Å²) in [7, 11) is 4.43. The van der Waals surface area contributed by atoms with Crippen LogP contribution < -0.4 is 17.0 Å². The van der Waals surface area contributed by atoms with Gasteiger partial charge >= 0.3 is 5.97 Å². The van der Waals surface area contributed by atoms with Crippen LogP contribution in [0.15, 0.2) is 29.7 Å². The van der Waals surface area contributed by atoms with Crippen molar-refractivity contribution < 1.29 is 36.1 Å². The second-order valence-electron chi connectivity index (χ2n) is 6.10. The van der Waals surface area contributed by atoms with Crippen LogP contribution in [0.4, 0.5) is 0 Å². The van der Waals surface area contributed by atoms with Crippen LogP contribution in [0.2, 0.25) is 0 Å². The van der Waals surface area contributed by atoms with E-state index in [9.17, 15) is 9.90 Å². The van der Waals surface area contributed by atoms with Gasteiger partial charge in [0.25, 0.3) is 0 Å². The molecule has 0 aliphatic carbocycles. The fraction of sp³-hybridized carbons (Fsp3) is 0.533. The Hall–Kier alpha value is -0.690. The third-order valence-corrected chi connectivity index (χ3v) is 5.52. The number of likely N-dealkylation sites (N-methyl/N-ethyl adjacent to an activating group) is 1. The van der Waals surface area contributed by atoms with E-state index in [0.717, 1.165) is 17.3 Å². The highest BCUT2D eigenvalue weighted by molar-refractivity contribution is 7.10. The van der Waals surface area contributed by atoms with E-state index in [1.54, 1.807) is 6.07 Å². The average molecular weight is 374 g/mol. The van der Waals surface area contributed by atoms with E-state index in [1.165, 1.54) is 11.3 Å². The molecule has 1 fully saturated rings. The van der Waals surface area contributed by atoms with Gasteiger partial charge in [-0.25, -0.2) is 4.79 Å². The Labute approximate surface area is 139 Å². The molecule has 2 aliphatic rings. The van der Waals surface area contributed by atoms with E-state index >= 15 is 0 Å². The summed E-state index contributed by atoms with van der Waals surface area (Å²) in [6.07, 6.45) is 4.90. The number of quaternary nitrogens is 1. The zero-order valence-corrected chi connectivity index (χ0v) is 14.5. The predicted molar refractivity (Wildman–Crippen MR) is 77.2 cm³/mol. The molecule has 116 valence electrons. The molecule has 0 amide bonds. The SMILES string of the molecule is C[N+]1(C)C2C=CC1CC(OC(=O)C(O)c1cccs1)C2.[Br-]. The molecule has 4 nitrogen and oxygen atoms in total. The predicted octanol–water partition coefficient (Wildman–Crippen LogP) is -1.13. The number of hydrogen-bond donors (Lipinski definition) is 1. The first-order valence-electron chi connectivity index (χ1n) is 6.92. The van der Waals surface area contributed by atoms with Gasteiger partial charge in [0.2, 0.25) is 0 Å². The number of rotatable bonds is 3. The van der Waals surface area contributed by atoms with E-state index in [-0.39, 0.29) is 23.1 Å². The van der Waals surface area contributed by atoms with Gasteiger partial charge in [-0.1, -0.05) is 6.07 Å². The fourth-order valence-electron chi connectivity index (χ4n) is 3.17. The Morgan fingerprint density at radius 2 is 2.00 bits per heavy atom. The summed E-state index contributed by atoms with van der Waals surface area (Å²) >= 11 is 1.37. The highest BCUT2D eigenvalue weighted by atomic mass is 79.9. The zero-order chi connectivity index (χ0) is 14.3. The molecule has 3 heterocycles. The molecule has 1 N–H and O–H groups in total. The minimum atomic E-state index is -1.15. The Bertz CT molecular complexity index is 511. The number of piperidine rings is 1. The first-order chi connectivity index (χ1) is 9.48. The van der Waals surface area contributed by atoms with Crippen molar-refractivity contribution in [2.75, 3.05) is 14.1 Å². The molecule has 0 spiro atoms. The molecule has 3 rings (SSSR count). The molecule has 0 radical (unpaired) electrons. The number of thiophene rings is 1. The Morgan fingerprint density at radius 3 is 2.52 bits per heavy atom. The van der Waals surface area contributed by atoms with E-state index in [0.29, 0.717) is 17.0 Å². The van der Waals surface area contributed by atoms with Gasteiger partial charge in [0.05, 0.1) is 14.1 Å². The van der Waals surface area contributed by atoms with Crippen LogP contribution in [0.1, 0.15) is 23.8 Å². The average Bonchev–Trinajstić information content (AvgIpc) is 2.94.